The maximum Gasteiger partial charge on any atom is 0.311 e. The van der Waals surface area contributed by atoms with Gasteiger partial charge in [-0.25, -0.2) is 0 Å². The number of ether oxygens (including phenoxy) is 2. The molecule has 0 aliphatic heterocycles. The summed E-state index contributed by atoms with van der Waals surface area (Å²) in [6.07, 6.45) is 31.0. The Morgan fingerprint density at radius 1 is 0.569 bits per heavy atom. The predicted octanol–water partition coefficient (Wildman–Crippen LogP) is 12.6. The number of nitrogens with zero attached hydrogens (tertiary/aromatic N) is 1. The van der Waals surface area contributed by atoms with E-state index < -0.39 is 5.41 Å². The van der Waals surface area contributed by atoms with Crippen molar-refractivity contribution in [2.45, 2.75) is 222 Å². The zero-order valence-corrected chi connectivity index (χ0v) is 35.4. The third-order valence-corrected chi connectivity index (χ3v) is 10.8. The first-order chi connectivity index (χ1) is 24.5. The summed E-state index contributed by atoms with van der Waals surface area (Å²) in [6, 6.07) is 0. The van der Waals surface area contributed by atoms with Crippen LogP contribution in [0.25, 0.3) is 0 Å². The molecule has 0 rings (SSSR count). The topological polar surface area (TPSA) is 76.1 Å². The summed E-state index contributed by atoms with van der Waals surface area (Å²) in [4.78, 5) is 27.6. The summed E-state index contributed by atoms with van der Waals surface area (Å²) in [6.45, 7) is 20.0. The van der Waals surface area contributed by atoms with Gasteiger partial charge in [0, 0.05) is 13.0 Å². The van der Waals surface area contributed by atoms with Gasteiger partial charge in [0.25, 0.3) is 0 Å². The number of carbonyl (C=O) groups excluding carboxylic acids is 2. The average Bonchev–Trinajstić information content (AvgIpc) is 3.09. The molecule has 0 unspecified atom stereocenters. The molecule has 0 aliphatic rings. The van der Waals surface area contributed by atoms with Crippen molar-refractivity contribution in [3.05, 3.63) is 0 Å². The molecular weight excluding hydrogens is 634 g/mol. The van der Waals surface area contributed by atoms with Gasteiger partial charge in [-0.1, -0.05) is 150 Å². The fourth-order valence-corrected chi connectivity index (χ4v) is 7.22. The van der Waals surface area contributed by atoms with Crippen LogP contribution in [0.2, 0.25) is 0 Å². The summed E-state index contributed by atoms with van der Waals surface area (Å²) < 4.78 is 11.4. The molecule has 0 bridgehead atoms. The van der Waals surface area contributed by atoms with Crippen LogP contribution in [0.3, 0.4) is 0 Å². The first-order valence-corrected chi connectivity index (χ1v) is 22.2. The summed E-state index contributed by atoms with van der Waals surface area (Å²) in [7, 11) is 0. The monoisotopic (exact) mass is 724 g/mol. The van der Waals surface area contributed by atoms with Gasteiger partial charge < -0.3 is 19.5 Å². The van der Waals surface area contributed by atoms with E-state index in [-0.39, 0.29) is 24.0 Å². The molecule has 51 heavy (non-hydrogen) atoms. The second-order valence-corrected chi connectivity index (χ2v) is 17.3. The third-order valence-electron chi connectivity index (χ3n) is 10.8. The number of hydrogen-bond acceptors (Lipinski definition) is 6. The molecule has 0 atom stereocenters. The Labute approximate surface area is 318 Å². The highest BCUT2D eigenvalue weighted by Gasteiger charge is 2.28. The highest BCUT2D eigenvalue weighted by atomic mass is 16.5. The number of carbonyl (C=O) groups is 2. The molecule has 0 aromatic heterocycles. The molecule has 0 fully saturated rings. The van der Waals surface area contributed by atoms with E-state index >= 15 is 0 Å². The minimum absolute atomic E-state index is 0.0215. The van der Waals surface area contributed by atoms with Crippen LogP contribution < -0.4 is 0 Å². The smallest absolute Gasteiger partial charge is 0.311 e. The van der Waals surface area contributed by atoms with Gasteiger partial charge >= 0.3 is 11.9 Å². The Hall–Kier alpha value is -1.14. The lowest BCUT2D eigenvalue weighted by atomic mass is 9.87. The minimum Gasteiger partial charge on any atom is -0.465 e. The molecule has 0 amide bonds. The van der Waals surface area contributed by atoms with Gasteiger partial charge in [0.15, 0.2) is 0 Å². The van der Waals surface area contributed by atoms with Crippen LogP contribution in [-0.4, -0.2) is 61.4 Å². The van der Waals surface area contributed by atoms with Gasteiger partial charge in [0.1, 0.15) is 0 Å². The molecule has 6 nitrogen and oxygen atoms in total. The number of aliphatic hydroxyl groups is 1. The van der Waals surface area contributed by atoms with Gasteiger partial charge in [-0.15, -0.1) is 0 Å². The molecule has 0 heterocycles. The van der Waals surface area contributed by atoms with Crippen molar-refractivity contribution in [2.24, 2.45) is 16.7 Å². The van der Waals surface area contributed by atoms with Crippen molar-refractivity contribution in [3.8, 4) is 0 Å². The Balaban J connectivity index is 4.17. The van der Waals surface area contributed by atoms with E-state index in [0.29, 0.717) is 19.6 Å². The number of unbranched alkanes of at least 4 members (excludes halogenated alkanes) is 14. The summed E-state index contributed by atoms with van der Waals surface area (Å²) in [5, 5.41) is 9.30. The van der Waals surface area contributed by atoms with E-state index in [4.69, 9.17) is 9.47 Å². The Kier molecular flexibility index (Phi) is 32.7. The first kappa shape index (κ1) is 49.9. The second kappa shape index (κ2) is 33.4. The van der Waals surface area contributed by atoms with Gasteiger partial charge in [0.2, 0.25) is 0 Å². The van der Waals surface area contributed by atoms with Crippen LogP contribution in [0, 0.1) is 16.7 Å². The maximum absolute atomic E-state index is 12.8. The SMILES string of the molecule is CCCCCCCCCC(=O)OCC(C)(C)CCCCCN(CCCCO)CCCCCCC(C)(C)C(=O)OCCCCCC(CCC)CCC. The van der Waals surface area contributed by atoms with Gasteiger partial charge in [0.05, 0.1) is 18.6 Å². The second-order valence-electron chi connectivity index (χ2n) is 17.3. The zero-order valence-electron chi connectivity index (χ0n) is 35.4. The van der Waals surface area contributed by atoms with Crippen molar-refractivity contribution in [1.29, 1.82) is 0 Å². The molecule has 1 N–H and O–H groups in total. The van der Waals surface area contributed by atoms with E-state index in [2.05, 4.69) is 39.5 Å². The van der Waals surface area contributed by atoms with Crippen LogP contribution in [0.1, 0.15) is 222 Å². The molecule has 0 aromatic rings. The van der Waals surface area contributed by atoms with Crippen LogP contribution in [0.15, 0.2) is 0 Å². The Morgan fingerprint density at radius 3 is 1.73 bits per heavy atom. The van der Waals surface area contributed by atoms with Crippen LogP contribution in [0.5, 0.6) is 0 Å². The Morgan fingerprint density at radius 2 is 1.10 bits per heavy atom. The van der Waals surface area contributed by atoms with Crippen molar-refractivity contribution in [3.63, 3.8) is 0 Å². The van der Waals surface area contributed by atoms with Crippen LogP contribution >= 0.6 is 0 Å². The number of hydrogen-bond donors (Lipinski definition) is 1. The highest BCUT2D eigenvalue weighted by molar-refractivity contribution is 5.75. The fourth-order valence-electron chi connectivity index (χ4n) is 7.22. The molecule has 0 aliphatic carbocycles. The minimum atomic E-state index is -0.410. The maximum atomic E-state index is 12.8. The molecule has 0 saturated heterocycles. The van der Waals surface area contributed by atoms with E-state index in [0.717, 1.165) is 96.2 Å². The Bertz CT molecular complexity index is 791. The molecule has 304 valence electrons. The predicted molar refractivity (Wildman–Crippen MR) is 218 cm³/mol. The van der Waals surface area contributed by atoms with Gasteiger partial charge in [-0.2, -0.15) is 0 Å². The molecule has 6 heteroatoms. The summed E-state index contributed by atoms with van der Waals surface area (Å²) in [5.74, 6) is 0.811. The molecular formula is C45H89NO5. The number of aliphatic hydroxyl groups excluding tert-OH is 1. The zero-order chi connectivity index (χ0) is 38.1. The lowest BCUT2D eigenvalue weighted by Crippen LogP contribution is -2.28. The van der Waals surface area contributed by atoms with Gasteiger partial charge in [-0.05, 0) is 96.2 Å². The van der Waals surface area contributed by atoms with Crippen molar-refractivity contribution < 1.29 is 24.2 Å². The van der Waals surface area contributed by atoms with Crippen molar-refractivity contribution in [2.75, 3.05) is 39.5 Å². The third kappa shape index (κ3) is 31.0. The average molecular weight is 724 g/mol. The number of rotatable bonds is 38. The fraction of sp³-hybridized carbons (Fsp3) is 0.956. The molecule has 0 spiro atoms. The number of esters is 2. The standard InChI is InChI=1S/C45H89NO5/c1-8-11-12-13-14-15-21-32-42(48)51-40-44(4,5)33-22-19-25-36-46(37-26-27-38-47)35-24-17-16-23-34-45(6,7)43(49)50-39-28-18-20-31-41(29-9-2)30-10-3/h41,47H,8-40H2,1-7H3. The first-order valence-electron chi connectivity index (χ1n) is 22.2. The quantitative estimate of drug-likeness (QED) is 0.0505. The van der Waals surface area contributed by atoms with E-state index in [1.807, 2.05) is 13.8 Å². The van der Waals surface area contributed by atoms with E-state index in [9.17, 15) is 14.7 Å². The van der Waals surface area contributed by atoms with Crippen LogP contribution in [0.4, 0.5) is 0 Å². The molecule has 0 radical (unpaired) electrons. The van der Waals surface area contributed by atoms with Gasteiger partial charge in [-0.3, -0.25) is 9.59 Å². The van der Waals surface area contributed by atoms with Crippen molar-refractivity contribution in [1.82, 2.24) is 4.90 Å². The lowest BCUT2D eigenvalue weighted by Gasteiger charge is -2.25. The van der Waals surface area contributed by atoms with E-state index in [1.54, 1.807) is 0 Å². The summed E-state index contributed by atoms with van der Waals surface area (Å²) >= 11 is 0. The molecule has 0 aromatic carbocycles. The van der Waals surface area contributed by atoms with Crippen LogP contribution in [-0.2, 0) is 19.1 Å². The van der Waals surface area contributed by atoms with E-state index in [1.165, 1.54) is 96.3 Å². The highest BCUT2D eigenvalue weighted by Crippen LogP contribution is 2.27. The normalized spacial score (nSPS) is 12.3. The summed E-state index contributed by atoms with van der Waals surface area (Å²) in [5.41, 5.74) is -0.388. The molecule has 0 saturated carbocycles. The largest absolute Gasteiger partial charge is 0.465 e. The van der Waals surface area contributed by atoms with Crippen molar-refractivity contribution >= 4 is 11.9 Å². The lowest BCUT2D eigenvalue weighted by molar-refractivity contribution is -0.154.